The van der Waals surface area contributed by atoms with Crippen LogP contribution in [0.1, 0.15) is 0 Å². The monoisotopic (exact) mass is 262 g/mol. The van der Waals surface area contributed by atoms with Crippen LogP contribution in [0.2, 0.25) is 0 Å². The maximum Gasteiger partial charge on any atom is 0.165 e. The van der Waals surface area contributed by atoms with Crippen molar-refractivity contribution in [1.82, 2.24) is 0 Å². The topological polar surface area (TPSA) is 40.5 Å². The Bertz CT molecular complexity index is 716. The molecule has 3 aromatic rings. The van der Waals surface area contributed by atoms with Crippen LogP contribution in [0, 0.1) is 0 Å². The van der Waals surface area contributed by atoms with Gasteiger partial charge in [0, 0.05) is 5.56 Å². The van der Waals surface area contributed by atoms with Gasteiger partial charge in [-0.1, -0.05) is 66.7 Å². The van der Waals surface area contributed by atoms with E-state index < -0.39 is 0 Å². The molecule has 0 aromatic heterocycles. The highest BCUT2D eigenvalue weighted by Crippen LogP contribution is 2.36. The second-order valence-electron chi connectivity index (χ2n) is 4.62. The van der Waals surface area contributed by atoms with Crippen molar-refractivity contribution in [3.05, 3.63) is 72.8 Å². The molecule has 0 heterocycles. The molecule has 2 nitrogen and oxygen atoms in total. The summed E-state index contributed by atoms with van der Waals surface area (Å²) in [5.74, 6) is -0.186. The molecule has 0 atom stereocenters. The van der Waals surface area contributed by atoms with E-state index in [2.05, 4.69) is 12.1 Å². The van der Waals surface area contributed by atoms with Crippen molar-refractivity contribution < 1.29 is 10.2 Å². The van der Waals surface area contributed by atoms with Gasteiger partial charge in [0.25, 0.3) is 0 Å². The van der Waals surface area contributed by atoms with Gasteiger partial charge in [0.05, 0.1) is 0 Å². The average molecular weight is 262 g/mol. The van der Waals surface area contributed by atoms with Crippen molar-refractivity contribution in [1.29, 1.82) is 0 Å². The van der Waals surface area contributed by atoms with E-state index in [1.165, 1.54) is 6.07 Å². The Balaban J connectivity index is 2.00. The van der Waals surface area contributed by atoms with Crippen molar-refractivity contribution in [3.63, 3.8) is 0 Å². The van der Waals surface area contributed by atoms with Gasteiger partial charge >= 0.3 is 0 Å². The van der Waals surface area contributed by atoms with E-state index in [9.17, 15) is 10.2 Å². The minimum atomic E-state index is -0.102. The van der Waals surface area contributed by atoms with E-state index in [1.54, 1.807) is 12.1 Å². The highest BCUT2D eigenvalue weighted by molar-refractivity contribution is 5.75. The zero-order valence-electron chi connectivity index (χ0n) is 10.8. The number of benzene rings is 3. The predicted octanol–water partition coefficient (Wildman–Crippen LogP) is 4.43. The normalized spacial score (nSPS) is 10.4. The SMILES string of the molecule is Oc1cccc(-c2ccc(-c3ccccc3)cc2)c1O. The maximum absolute atomic E-state index is 9.89. The Kier molecular flexibility index (Phi) is 3.13. The fourth-order valence-corrected chi connectivity index (χ4v) is 2.24. The van der Waals surface area contributed by atoms with Crippen LogP contribution in [0.25, 0.3) is 22.3 Å². The second kappa shape index (κ2) is 5.10. The van der Waals surface area contributed by atoms with E-state index in [0.717, 1.165) is 16.7 Å². The first-order valence-electron chi connectivity index (χ1n) is 6.42. The summed E-state index contributed by atoms with van der Waals surface area (Å²) in [5.41, 5.74) is 3.77. The molecule has 0 amide bonds. The number of hydrogen-bond donors (Lipinski definition) is 2. The number of phenolic OH excluding ortho intramolecular Hbond substituents is 2. The van der Waals surface area contributed by atoms with E-state index in [-0.39, 0.29) is 11.5 Å². The first-order valence-corrected chi connectivity index (χ1v) is 6.42. The lowest BCUT2D eigenvalue weighted by Gasteiger charge is -2.07. The molecule has 0 aliphatic rings. The van der Waals surface area contributed by atoms with Gasteiger partial charge in [0.1, 0.15) is 0 Å². The molecular formula is C18H14O2. The summed E-state index contributed by atoms with van der Waals surface area (Å²) in [6.07, 6.45) is 0. The summed E-state index contributed by atoms with van der Waals surface area (Å²) in [5, 5.41) is 19.4. The Hall–Kier alpha value is -2.74. The zero-order valence-corrected chi connectivity index (χ0v) is 10.8. The highest BCUT2D eigenvalue weighted by atomic mass is 16.3. The summed E-state index contributed by atoms with van der Waals surface area (Å²) in [6, 6.07) is 23.0. The lowest BCUT2D eigenvalue weighted by atomic mass is 9.99. The molecule has 0 saturated heterocycles. The fourth-order valence-electron chi connectivity index (χ4n) is 2.24. The Morgan fingerprint density at radius 2 is 1.10 bits per heavy atom. The summed E-state index contributed by atoms with van der Waals surface area (Å²) in [7, 11) is 0. The van der Waals surface area contributed by atoms with Crippen molar-refractivity contribution in [3.8, 4) is 33.8 Å². The van der Waals surface area contributed by atoms with E-state index in [1.807, 2.05) is 42.5 Å². The summed E-state index contributed by atoms with van der Waals surface area (Å²) in [6.45, 7) is 0. The van der Waals surface area contributed by atoms with Crippen molar-refractivity contribution >= 4 is 0 Å². The van der Waals surface area contributed by atoms with Crippen LogP contribution >= 0.6 is 0 Å². The van der Waals surface area contributed by atoms with Crippen LogP contribution in [0.5, 0.6) is 11.5 Å². The van der Waals surface area contributed by atoms with E-state index in [4.69, 9.17) is 0 Å². The van der Waals surface area contributed by atoms with Crippen molar-refractivity contribution in [2.75, 3.05) is 0 Å². The summed E-state index contributed by atoms with van der Waals surface area (Å²) in [4.78, 5) is 0. The Labute approximate surface area is 117 Å². The molecule has 2 heteroatoms. The summed E-state index contributed by atoms with van der Waals surface area (Å²) >= 11 is 0. The molecule has 0 radical (unpaired) electrons. The first kappa shape index (κ1) is 12.3. The van der Waals surface area contributed by atoms with Gasteiger partial charge in [0.2, 0.25) is 0 Å². The predicted molar refractivity (Wildman–Crippen MR) is 80.6 cm³/mol. The number of phenols is 2. The molecule has 0 unspecified atom stereocenters. The van der Waals surface area contributed by atoms with Crippen LogP contribution in [0.3, 0.4) is 0 Å². The van der Waals surface area contributed by atoms with Gasteiger partial charge in [-0.25, -0.2) is 0 Å². The Morgan fingerprint density at radius 1 is 0.500 bits per heavy atom. The number of para-hydroxylation sites is 1. The van der Waals surface area contributed by atoms with Crippen LogP contribution in [-0.2, 0) is 0 Å². The second-order valence-corrected chi connectivity index (χ2v) is 4.62. The van der Waals surface area contributed by atoms with Gasteiger partial charge in [0.15, 0.2) is 11.5 Å². The van der Waals surface area contributed by atoms with Gasteiger partial charge in [-0.2, -0.15) is 0 Å². The molecule has 2 N–H and O–H groups in total. The standard InChI is InChI=1S/C18H14O2/c19-17-8-4-7-16(18(17)20)15-11-9-14(10-12-15)13-5-2-1-3-6-13/h1-12,19-20H. The molecular weight excluding hydrogens is 248 g/mol. The van der Waals surface area contributed by atoms with Crippen LogP contribution < -0.4 is 0 Å². The molecule has 98 valence electrons. The lowest BCUT2D eigenvalue weighted by molar-refractivity contribution is 0.405. The minimum Gasteiger partial charge on any atom is -0.504 e. The van der Waals surface area contributed by atoms with Gasteiger partial charge < -0.3 is 10.2 Å². The molecule has 3 rings (SSSR count). The minimum absolute atomic E-state index is 0.0834. The first-order chi connectivity index (χ1) is 9.75. The molecule has 0 fully saturated rings. The largest absolute Gasteiger partial charge is 0.504 e. The Morgan fingerprint density at radius 3 is 1.80 bits per heavy atom. The number of rotatable bonds is 2. The van der Waals surface area contributed by atoms with E-state index >= 15 is 0 Å². The average Bonchev–Trinajstić information content (AvgIpc) is 2.51. The van der Waals surface area contributed by atoms with E-state index in [0.29, 0.717) is 5.56 Å². The number of aromatic hydroxyl groups is 2. The third-order valence-corrected chi connectivity index (χ3v) is 3.32. The van der Waals surface area contributed by atoms with Crippen LogP contribution in [-0.4, -0.2) is 10.2 Å². The fraction of sp³-hybridized carbons (Fsp3) is 0. The summed E-state index contributed by atoms with van der Waals surface area (Å²) < 4.78 is 0. The highest BCUT2D eigenvalue weighted by Gasteiger charge is 2.08. The smallest absolute Gasteiger partial charge is 0.165 e. The molecule has 0 bridgehead atoms. The number of hydrogen-bond acceptors (Lipinski definition) is 2. The van der Waals surface area contributed by atoms with Gasteiger partial charge in [-0.3, -0.25) is 0 Å². The molecule has 0 aliphatic heterocycles. The molecule has 3 aromatic carbocycles. The maximum atomic E-state index is 9.89. The van der Waals surface area contributed by atoms with Gasteiger partial charge in [-0.05, 0) is 22.8 Å². The molecule has 20 heavy (non-hydrogen) atoms. The van der Waals surface area contributed by atoms with Crippen LogP contribution in [0.15, 0.2) is 72.8 Å². The third-order valence-electron chi connectivity index (χ3n) is 3.32. The zero-order chi connectivity index (χ0) is 13.9. The molecule has 0 saturated carbocycles. The van der Waals surface area contributed by atoms with Crippen molar-refractivity contribution in [2.45, 2.75) is 0 Å². The lowest BCUT2D eigenvalue weighted by Crippen LogP contribution is -1.81. The molecule has 0 aliphatic carbocycles. The third kappa shape index (κ3) is 2.24. The van der Waals surface area contributed by atoms with Crippen LogP contribution in [0.4, 0.5) is 0 Å². The van der Waals surface area contributed by atoms with Crippen molar-refractivity contribution in [2.24, 2.45) is 0 Å². The van der Waals surface area contributed by atoms with Gasteiger partial charge in [-0.15, -0.1) is 0 Å². The molecule has 0 spiro atoms. The quantitative estimate of drug-likeness (QED) is 0.671.